The van der Waals surface area contributed by atoms with Crippen molar-refractivity contribution in [3.05, 3.63) is 35.1 Å². The quantitative estimate of drug-likeness (QED) is 0.724. The van der Waals surface area contributed by atoms with Crippen LogP contribution in [0.15, 0.2) is 12.1 Å². The highest BCUT2D eigenvalue weighted by Crippen LogP contribution is 2.21. The van der Waals surface area contributed by atoms with Gasteiger partial charge in [0.1, 0.15) is 17.5 Å². The number of halogens is 3. The Morgan fingerprint density at radius 2 is 1.42 bits per heavy atom. The van der Waals surface area contributed by atoms with E-state index in [0.29, 0.717) is 24.6 Å². The zero-order valence-corrected chi connectivity index (χ0v) is 12.1. The minimum atomic E-state index is -2.74. The Morgan fingerprint density at radius 1 is 0.947 bits per heavy atom. The Kier molecular flexibility index (Phi) is 5.99. The Morgan fingerprint density at radius 3 is 1.84 bits per heavy atom. The molecule has 0 aromatic heterocycles. The Balaban J connectivity index is 2.68. The van der Waals surface area contributed by atoms with Crippen LogP contribution in [0.1, 0.15) is 12.0 Å². The normalized spacial score (nSPS) is 11.9. The molecule has 0 spiro atoms. The van der Waals surface area contributed by atoms with Gasteiger partial charge in [0.05, 0.1) is 0 Å². The molecule has 0 amide bonds. The molecule has 19 heavy (non-hydrogen) atoms. The second-order valence-electron chi connectivity index (χ2n) is 4.00. The van der Waals surface area contributed by atoms with E-state index in [0.717, 1.165) is 0 Å². The monoisotopic (exact) mass is 294 g/mol. The Hall–Kier alpha value is -0.893. The predicted molar refractivity (Wildman–Crippen MR) is 66.2 cm³/mol. The maximum Gasteiger partial charge on any atom is 0.500 e. The van der Waals surface area contributed by atoms with Crippen molar-refractivity contribution in [1.82, 2.24) is 0 Å². The van der Waals surface area contributed by atoms with Gasteiger partial charge >= 0.3 is 8.80 Å². The van der Waals surface area contributed by atoms with Crippen molar-refractivity contribution in [3.8, 4) is 0 Å². The van der Waals surface area contributed by atoms with Crippen LogP contribution in [-0.4, -0.2) is 30.1 Å². The van der Waals surface area contributed by atoms with Gasteiger partial charge in [0.15, 0.2) is 0 Å². The van der Waals surface area contributed by atoms with Gasteiger partial charge in [-0.2, -0.15) is 0 Å². The first-order chi connectivity index (χ1) is 8.98. The molecule has 0 aliphatic heterocycles. The van der Waals surface area contributed by atoms with Crippen molar-refractivity contribution in [2.24, 2.45) is 0 Å². The molecular formula is C12H17F3O3Si. The summed E-state index contributed by atoms with van der Waals surface area (Å²) >= 11 is 0. The van der Waals surface area contributed by atoms with Crippen LogP contribution >= 0.6 is 0 Å². The number of hydrogen-bond acceptors (Lipinski definition) is 3. The molecule has 1 aromatic rings. The fraction of sp³-hybridized carbons (Fsp3) is 0.500. The van der Waals surface area contributed by atoms with Gasteiger partial charge in [-0.25, -0.2) is 13.2 Å². The average Bonchev–Trinajstić information content (AvgIpc) is 2.38. The molecule has 0 N–H and O–H groups in total. The van der Waals surface area contributed by atoms with E-state index in [1.54, 1.807) is 0 Å². The van der Waals surface area contributed by atoms with Crippen LogP contribution in [0.2, 0.25) is 6.04 Å². The molecule has 1 aromatic carbocycles. The van der Waals surface area contributed by atoms with Crippen LogP contribution in [0.25, 0.3) is 0 Å². The van der Waals surface area contributed by atoms with Crippen LogP contribution in [0.5, 0.6) is 0 Å². The van der Waals surface area contributed by atoms with Crippen molar-refractivity contribution in [2.75, 3.05) is 21.3 Å². The summed E-state index contributed by atoms with van der Waals surface area (Å²) < 4.78 is 55.2. The molecule has 1 rings (SSSR count). The summed E-state index contributed by atoms with van der Waals surface area (Å²) in [5.41, 5.74) is -0.132. The highest BCUT2D eigenvalue weighted by molar-refractivity contribution is 6.60. The first-order valence-corrected chi connectivity index (χ1v) is 7.70. The lowest BCUT2D eigenvalue weighted by molar-refractivity contribution is 0.123. The Labute approximate surface area is 111 Å². The molecule has 0 unspecified atom stereocenters. The molecule has 0 aliphatic rings. The van der Waals surface area contributed by atoms with Crippen molar-refractivity contribution in [3.63, 3.8) is 0 Å². The van der Waals surface area contributed by atoms with Gasteiger partial charge in [-0.15, -0.1) is 0 Å². The molecule has 0 bridgehead atoms. The van der Waals surface area contributed by atoms with Crippen LogP contribution in [0.3, 0.4) is 0 Å². The van der Waals surface area contributed by atoms with Gasteiger partial charge in [-0.05, 0) is 12.8 Å². The lowest BCUT2D eigenvalue weighted by atomic mass is 10.1. The minimum Gasteiger partial charge on any atom is -0.377 e. The zero-order valence-electron chi connectivity index (χ0n) is 11.1. The van der Waals surface area contributed by atoms with Crippen molar-refractivity contribution in [2.45, 2.75) is 18.9 Å². The molecular weight excluding hydrogens is 277 g/mol. The first-order valence-electron chi connectivity index (χ1n) is 5.77. The van der Waals surface area contributed by atoms with Gasteiger partial charge in [0.2, 0.25) is 0 Å². The molecule has 0 saturated carbocycles. The van der Waals surface area contributed by atoms with E-state index < -0.39 is 26.3 Å². The highest BCUT2D eigenvalue weighted by atomic mass is 28.4. The number of rotatable bonds is 7. The summed E-state index contributed by atoms with van der Waals surface area (Å²) in [6, 6.07) is 1.77. The lowest BCUT2D eigenvalue weighted by Gasteiger charge is -2.24. The van der Waals surface area contributed by atoms with E-state index in [4.69, 9.17) is 13.3 Å². The van der Waals surface area contributed by atoms with Crippen molar-refractivity contribution in [1.29, 1.82) is 0 Å². The SMILES string of the molecule is CO[Si](CCCc1c(F)cc(F)cc1F)(OC)OC. The molecule has 0 fully saturated rings. The first kappa shape index (κ1) is 16.2. The summed E-state index contributed by atoms with van der Waals surface area (Å²) in [4.78, 5) is 0. The molecule has 7 heteroatoms. The van der Waals surface area contributed by atoms with E-state index >= 15 is 0 Å². The average molecular weight is 294 g/mol. The fourth-order valence-corrected chi connectivity index (χ4v) is 3.57. The molecule has 0 atom stereocenters. The second-order valence-corrected chi connectivity index (χ2v) is 7.09. The van der Waals surface area contributed by atoms with Crippen LogP contribution in [0.4, 0.5) is 13.2 Å². The van der Waals surface area contributed by atoms with E-state index in [2.05, 4.69) is 0 Å². The number of hydrogen-bond donors (Lipinski definition) is 0. The second kappa shape index (κ2) is 7.04. The van der Waals surface area contributed by atoms with Crippen LogP contribution in [-0.2, 0) is 19.7 Å². The van der Waals surface area contributed by atoms with Gasteiger partial charge in [0.25, 0.3) is 0 Å². The predicted octanol–water partition coefficient (Wildman–Crippen LogP) is 2.91. The zero-order chi connectivity index (χ0) is 14.5. The van der Waals surface area contributed by atoms with E-state index in [1.165, 1.54) is 21.3 Å². The summed E-state index contributed by atoms with van der Waals surface area (Å²) in [5, 5.41) is 0. The summed E-state index contributed by atoms with van der Waals surface area (Å²) in [7, 11) is 1.68. The van der Waals surface area contributed by atoms with Crippen molar-refractivity contribution < 1.29 is 26.4 Å². The Bertz CT molecular complexity index is 393. The third-order valence-electron chi connectivity index (χ3n) is 2.95. The minimum absolute atomic E-state index is 0.128. The van der Waals surface area contributed by atoms with E-state index in [1.807, 2.05) is 0 Å². The molecule has 0 aliphatic carbocycles. The molecule has 0 saturated heterocycles. The van der Waals surface area contributed by atoms with Gasteiger partial charge in [0, 0.05) is 45.1 Å². The maximum atomic E-state index is 13.4. The molecule has 0 heterocycles. The van der Waals surface area contributed by atoms with E-state index in [-0.39, 0.29) is 12.0 Å². The smallest absolute Gasteiger partial charge is 0.377 e. The highest BCUT2D eigenvalue weighted by Gasteiger charge is 2.37. The van der Waals surface area contributed by atoms with Crippen LogP contribution < -0.4 is 0 Å². The standard InChI is InChI=1S/C12H17F3O3Si/c1-16-19(17-2,18-3)6-4-5-10-11(14)7-9(13)8-12(10)15/h7-8H,4-6H2,1-3H3. The largest absolute Gasteiger partial charge is 0.500 e. The van der Waals surface area contributed by atoms with Crippen LogP contribution in [0, 0.1) is 17.5 Å². The number of benzene rings is 1. The molecule has 108 valence electrons. The molecule has 0 radical (unpaired) electrons. The summed E-state index contributed by atoms with van der Waals surface area (Å²) in [6.07, 6.45) is 0.546. The lowest BCUT2D eigenvalue weighted by Crippen LogP contribution is -2.42. The van der Waals surface area contributed by atoms with Gasteiger partial charge < -0.3 is 13.3 Å². The summed E-state index contributed by atoms with van der Waals surface area (Å²) in [6.45, 7) is 0. The van der Waals surface area contributed by atoms with Gasteiger partial charge in [-0.3, -0.25) is 0 Å². The third-order valence-corrected chi connectivity index (χ3v) is 5.78. The van der Waals surface area contributed by atoms with Crippen molar-refractivity contribution >= 4 is 8.80 Å². The van der Waals surface area contributed by atoms with E-state index in [9.17, 15) is 13.2 Å². The molecule has 3 nitrogen and oxygen atoms in total. The fourth-order valence-electron chi connectivity index (χ4n) is 1.85. The van der Waals surface area contributed by atoms with Gasteiger partial charge in [-0.1, -0.05) is 0 Å². The maximum absolute atomic E-state index is 13.4. The third kappa shape index (κ3) is 4.03. The summed E-state index contributed by atoms with van der Waals surface area (Å²) in [5.74, 6) is -2.68. The topological polar surface area (TPSA) is 27.7 Å².